The van der Waals surface area contributed by atoms with Crippen LogP contribution in [0.3, 0.4) is 0 Å². The summed E-state index contributed by atoms with van der Waals surface area (Å²) < 4.78 is 11.8. The van der Waals surface area contributed by atoms with Crippen molar-refractivity contribution < 1.29 is 14.0 Å². The molecule has 0 aliphatic rings. The maximum atomic E-state index is 11.1. The Morgan fingerprint density at radius 2 is 1.52 bits per heavy atom. The molecule has 0 rings (SSSR count). The van der Waals surface area contributed by atoms with E-state index in [1.54, 1.807) is 0 Å². The highest BCUT2D eigenvalue weighted by molar-refractivity contribution is 6.77. The Bertz CT molecular complexity index is 313. The molecule has 0 spiro atoms. The third-order valence-corrected chi connectivity index (χ3v) is 10.3. The lowest BCUT2D eigenvalue weighted by Gasteiger charge is -2.42. The quantitative estimate of drug-likeness (QED) is 0.338. The van der Waals surface area contributed by atoms with Crippen molar-refractivity contribution >= 4 is 14.3 Å². The number of rotatable bonds is 9. The second kappa shape index (κ2) is 9.41. The molecule has 0 bridgehead atoms. The molecule has 21 heavy (non-hydrogen) atoms. The van der Waals surface area contributed by atoms with Crippen LogP contribution in [-0.4, -0.2) is 27.0 Å². The Kier molecular flexibility index (Phi) is 9.14. The van der Waals surface area contributed by atoms with Gasteiger partial charge in [0.15, 0.2) is 8.32 Å². The predicted octanol–water partition coefficient (Wildman–Crippen LogP) is 5.08. The van der Waals surface area contributed by atoms with Gasteiger partial charge in [-0.15, -0.1) is 0 Å². The molecule has 0 heterocycles. The van der Waals surface area contributed by atoms with Crippen molar-refractivity contribution in [2.45, 2.75) is 84.5 Å². The van der Waals surface area contributed by atoms with Gasteiger partial charge in [0.25, 0.3) is 0 Å². The molecule has 0 fully saturated rings. The number of carbonyl (C=O) groups is 1. The summed E-state index contributed by atoms with van der Waals surface area (Å²) in [6.45, 7) is 17.7. The summed E-state index contributed by atoms with van der Waals surface area (Å²) in [4.78, 5) is 11.1. The molecule has 0 aromatic rings. The largest absolute Gasteiger partial charge is 0.458 e. The van der Waals surface area contributed by atoms with Crippen molar-refractivity contribution in [1.82, 2.24) is 0 Å². The van der Waals surface area contributed by atoms with Gasteiger partial charge in [-0.3, -0.25) is 4.79 Å². The average Bonchev–Trinajstić information content (AvgIpc) is 2.32. The van der Waals surface area contributed by atoms with Crippen LogP contribution in [0.4, 0.5) is 0 Å². The van der Waals surface area contributed by atoms with Gasteiger partial charge in [0.05, 0.1) is 0 Å². The minimum atomic E-state index is -1.82. The smallest absolute Gasteiger partial charge is 0.303 e. The van der Waals surface area contributed by atoms with E-state index in [1.807, 2.05) is 19.1 Å². The van der Waals surface area contributed by atoms with Crippen LogP contribution >= 0.6 is 0 Å². The average molecular weight is 315 g/mol. The molecular weight excluding hydrogens is 280 g/mol. The lowest BCUT2D eigenvalue weighted by molar-refractivity contribution is -0.144. The highest BCUT2D eigenvalue weighted by atomic mass is 28.4. The molecular formula is C17H34O3Si. The van der Waals surface area contributed by atoms with Crippen molar-refractivity contribution in [2.24, 2.45) is 0 Å². The van der Waals surface area contributed by atoms with Gasteiger partial charge in [0, 0.05) is 20.0 Å². The van der Waals surface area contributed by atoms with Crippen molar-refractivity contribution in [3.8, 4) is 0 Å². The van der Waals surface area contributed by atoms with Crippen molar-refractivity contribution in [3.05, 3.63) is 12.2 Å². The van der Waals surface area contributed by atoms with E-state index in [1.165, 1.54) is 6.92 Å². The number of hydrogen-bond acceptors (Lipinski definition) is 3. The van der Waals surface area contributed by atoms with Gasteiger partial charge in [-0.1, -0.05) is 47.6 Å². The van der Waals surface area contributed by atoms with Gasteiger partial charge in [-0.25, -0.2) is 0 Å². The summed E-state index contributed by atoms with van der Waals surface area (Å²) in [5.41, 5.74) is 1.73. The van der Waals surface area contributed by atoms with E-state index in [0.29, 0.717) is 23.2 Å². The molecule has 0 aromatic heterocycles. The van der Waals surface area contributed by atoms with Crippen LogP contribution < -0.4 is 0 Å². The lowest BCUT2D eigenvalue weighted by Crippen LogP contribution is -2.48. The Hall–Kier alpha value is -0.613. The highest BCUT2D eigenvalue weighted by Crippen LogP contribution is 2.42. The van der Waals surface area contributed by atoms with Crippen molar-refractivity contribution in [1.29, 1.82) is 0 Å². The first kappa shape index (κ1) is 20.4. The number of carbonyl (C=O) groups excluding carboxylic acids is 1. The van der Waals surface area contributed by atoms with E-state index in [2.05, 4.69) is 41.5 Å². The monoisotopic (exact) mass is 314 g/mol. The zero-order chi connectivity index (χ0) is 16.6. The molecule has 0 saturated heterocycles. The summed E-state index contributed by atoms with van der Waals surface area (Å²) in [5, 5.41) is 0. The van der Waals surface area contributed by atoms with E-state index in [0.717, 1.165) is 6.42 Å². The topological polar surface area (TPSA) is 35.5 Å². The standard InChI is InChI=1S/C17H34O3Si/c1-9-10-17(20-16(8)18)11-12-19-21(13(2)3,14(4)5)15(6)7/h9-10,13-15,17H,11-12H2,1-8H3/b10-9+. The Labute approximate surface area is 132 Å². The van der Waals surface area contributed by atoms with E-state index < -0.39 is 8.32 Å². The summed E-state index contributed by atoms with van der Waals surface area (Å²) in [6.07, 6.45) is 4.40. The maximum absolute atomic E-state index is 11.1. The molecule has 0 amide bonds. The van der Waals surface area contributed by atoms with Crippen LogP contribution in [0.5, 0.6) is 0 Å². The molecule has 0 radical (unpaired) electrons. The Balaban J connectivity index is 4.79. The lowest BCUT2D eigenvalue weighted by atomic mass is 10.2. The predicted molar refractivity (Wildman–Crippen MR) is 92.0 cm³/mol. The molecule has 124 valence electrons. The van der Waals surface area contributed by atoms with E-state index in [9.17, 15) is 4.79 Å². The van der Waals surface area contributed by atoms with Crippen LogP contribution in [0.2, 0.25) is 16.6 Å². The third-order valence-electron chi connectivity index (χ3n) is 4.19. The fraction of sp³-hybridized carbons (Fsp3) is 0.824. The first-order valence-corrected chi connectivity index (χ1v) is 10.3. The normalized spacial score (nSPS) is 14.4. The Morgan fingerprint density at radius 1 is 1.05 bits per heavy atom. The molecule has 0 aromatic carbocycles. The first-order valence-electron chi connectivity index (χ1n) is 8.12. The minimum absolute atomic E-state index is 0.175. The third kappa shape index (κ3) is 5.95. The Morgan fingerprint density at radius 3 is 1.86 bits per heavy atom. The molecule has 0 N–H and O–H groups in total. The summed E-state index contributed by atoms with van der Waals surface area (Å²) >= 11 is 0. The molecule has 4 heteroatoms. The molecule has 0 aliphatic heterocycles. The van der Waals surface area contributed by atoms with Gasteiger partial charge in [0.2, 0.25) is 0 Å². The van der Waals surface area contributed by atoms with Gasteiger partial charge in [-0.2, -0.15) is 0 Å². The summed E-state index contributed by atoms with van der Waals surface area (Å²) in [5.74, 6) is -0.238. The van der Waals surface area contributed by atoms with Gasteiger partial charge >= 0.3 is 5.97 Å². The number of allylic oxidation sites excluding steroid dienone is 1. The second-order valence-corrected chi connectivity index (χ2v) is 12.1. The fourth-order valence-corrected chi connectivity index (χ4v) is 8.95. The first-order chi connectivity index (χ1) is 9.68. The maximum Gasteiger partial charge on any atom is 0.303 e. The molecule has 1 unspecified atom stereocenters. The minimum Gasteiger partial charge on any atom is -0.458 e. The molecule has 3 nitrogen and oxygen atoms in total. The summed E-state index contributed by atoms with van der Waals surface area (Å²) in [6, 6.07) is 0. The number of esters is 1. The van der Waals surface area contributed by atoms with Crippen LogP contribution in [0, 0.1) is 0 Å². The van der Waals surface area contributed by atoms with E-state index in [4.69, 9.17) is 9.16 Å². The van der Waals surface area contributed by atoms with E-state index in [-0.39, 0.29) is 12.1 Å². The van der Waals surface area contributed by atoms with Crippen molar-refractivity contribution in [3.63, 3.8) is 0 Å². The SMILES string of the molecule is C/C=C/C(CCO[Si](C(C)C)(C(C)C)C(C)C)OC(C)=O. The van der Waals surface area contributed by atoms with Crippen LogP contribution in [0.15, 0.2) is 12.2 Å². The molecule has 1 atom stereocenters. The zero-order valence-corrected chi connectivity index (χ0v) is 16.1. The van der Waals surface area contributed by atoms with Crippen LogP contribution in [0.25, 0.3) is 0 Å². The van der Waals surface area contributed by atoms with Crippen molar-refractivity contribution in [2.75, 3.05) is 6.61 Å². The van der Waals surface area contributed by atoms with E-state index >= 15 is 0 Å². The van der Waals surface area contributed by atoms with Crippen LogP contribution in [-0.2, 0) is 14.0 Å². The highest BCUT2D eigenvalue weighted by Gasteiger charge is 2.44. The molecule has 0 aliphatic carbocycles. The number of ether oxygens (including phenoxy) is 1. The van der Waals surface area contributed by atoms with Crippen LogP contribution in [0.1, 0.15) is 61.8 Å². The molecule has 0 saturated carbocycles. The number of hydrogen-bond donors (Lipinski definition) is 0. The van der Waals surface area contributed by atoms with Gasteiger partial charge in [-0.05, 0) is 29.6 Å². The second-order valence-electron chi connectivity index (χ2n) is 6.63. The zero-order valence-electron chi connectivity index (χ0n) is 15.1. The summed E-state index contributed by atoms with van der Waals surface area (Å²) in [7, 11) is -1.82. The van der Waals surface area contributed by atoms with Gasteiger partial charge < -0.3 is 9.16 Å². The van der Waals surface area contributed by atoms with Gasteiger partial charge in [0.1, 0.15) is 6.10 Å². The fourth-order valence-electron chi connectivity index (χ4n) is 3.47.